The van der Waals surface area contributed by atoms with Gasteiger partial charge in [0, 0.05) is 40.3 Å². The second-order valence-electron chi connectivity index (χ2n) is 5.75. The van der Waals surface area contributed by atoms with Crippen LogP contribution in [0.2, 0.25) is 10.0 Å². The number of halogens is 2. The summed E-state index contributed by atoms with van der Waals surface area (Å²) in [7, 11) is 0. The molecule has 0 saturated carbocycles. The fraction of sp³-hybridized carbons (Fsp3) is 0.176. The second-order valence-corrected chi connectivity index (χ2v) is 6.56. The number of fused-ring (bicyclic) bond motifs is 1. The first kappa shape index (κ1) is 16.1. The Kier molecular flexibility index (Phi) is 3.94. The van der Waals surface area contributed by atoms with E-state index in [1.165, 1.54) is 0 Å². The Bertz CT molecular complexity index is 950. The van der Waals surface area contributed by atoms with Gasteiger partial charge in [0.25, 0.3) is 5.95 Å². The molecule has 0 spiro atoms. The minimum atomic E-state index is -0.276. The van der Waals surface area contributed by atoms with Gasteiger partial charge in [0.15, 0.2) is 0 Å². The van der Waals surface area contributed by atoms with Gasteiger partial charge in [-0.25, -0.2) is 9.97 Å². The van der Waals surface area contributed by atoms with E-state index in [9.17, 15) is 4.79 Å². The van der Waals surface area contributed by atoms with Crippen molar-refractivity contribution in [2.45, 2.75) is 19.3 Å². The van der Waals surface area contributed by atoms with E-state index in [-0.39, 0.29) is 18.2 Å². The van der Waals surface area contributed by atoms with Crippen molar-refractivity contribution in [2.75, 3.05) is 5.32 Å². The topological polar surface area (TPSA) is 72.7 Å². The third-order valence-electron chi connectivity index (χ3n) is 4.19. The Hall–Kier alpha value is -2.44. The number of aromatic nitrogens is 4. The van der Waals surface area contributed by atoms with E-state index in [2.05, 4.69) is 20.4 Å². The summed E-state index contributed by atoms with van der Waals surface area (Å²) in [4.78, 5) is 20.8. The zero-order chi connectivity index (χ0) is 17.6. The Labute approximate surface area is 153 Å². The predicted octanol–water partition coefficient (Wildman–Crippen LogP) is 3.75. The van der Waals surface area contributed by atoms with Crippen LogP contribution in [0.1, 0.15) is 29.2 Å². The number of hydrogen-bond acceptors (Lipinski definition) is 4. The molecule has 1 N–H and O–H groups in total. The molecule has 0 bridgehead atoms. The van der Waals surface area contributed by atoms with Gasteiger partial charge in [0.05, 0.1) is 5.69 Å². The van der Waals surface area contributed by atoms with Crippen molar-refractivity contribution in [3.63, 3.8) is 0 Å². The summed E-state index contributed by atoms with van der Waals surface area (Å²) in [5.41, 5.74) is 2.38. The number of nitrogens with one attached hydrogen (secondary N) is 1. The van der Waals surface area contributed by atoms with Gasteiger partial charge in [0.2, 0.25) is 5.91 Å². The molecule has 1 atom stereocenters. The van der Waals surface area contributed by atoms with Crippen molar-refractivity contribution in [2.24, 2.45) is 0 Å². The molecule has 8 heteroatoms. The van der Waals surface area contributed by atoms with Gasteiger partial charge < -0.3 is 5.32 Å². The van der Waals surface area contributed by atoms with Crippen LogP contribution in [0.4, 0.5) is 5.82 Å². The van der Waals surface area contributed by atoms with Gasteiger partial charge in [-0.1, -0.05) is 29.3 Å². The first-order valence-electron chi connectivity index (χ1n) is 7.67. The Morgan fingerprint density at radius 2 is 1.80 bits per heavy atom. The molecular formula is C17H13Cl2N5O. The minimum Gasteiger partial charge on any atom is -0.310 e. The number of benzene rings is 1. The normalized spacial score (nSPS) is 16.4. The van der Waals surface area contributed by atoms with E-state index in [1.807, 2.05) is 6.92 Å². The maximum absolute atomic E-state index is 12.3. The summed E-state index contributed by atoms with van der Waals surface area (Å²) >= 11 is 12.8. The molecule has 3 heterocycles. The van der Waals surface area contributed by atoms with E-state index >= 15 is 0 Å². The molecule has 1 amide bonds. The van der Waals surface area contributed by atoms with E-state index in [0.29, 0.717) is 21.8 Å². The van der Waals surface area contributed by atoms with Crippen LogP contribution >= 0.6 is 23.2 Å². The van der Waals surface area contributed by atoms with Crippen LogP contribution < -0.4 is 5.32 Å². The van der Waals surface area contributed by atoms with Crippen LogP contribution in [-0.4, -0.2) is 25.7 Å². The number of nitrogens with zero attached hydrogens (tertiary/aromatic N) is 4. The lowest BCUT2D eigenvalue weighted by Crippen LogP contribution is -2.25. The first-order chi connectivity index (χ1) is 12.1. The highest BCUT2D eigenvalue weighted by Gasteiger charge is 2.35. The standard InChI is InChI=1S/C17H13Cl2N5O/c1-9-14-10(15-11(18)4-2-5-12(15)19)8-13(25)22-16(14)24(23-9)17-20-6-3-7-21-17/h2-7,10H,8H2,1H3,(H,22,25)/t10-/m0/s1. The van der Waals surface area contributed by atoms with Gasteiger partial charge in [-0.05, 0) is 30.7 Å². The summed E-state index contributed by atoms with van der Waals surface area (Å²) in [5.74, 6) is 0.534. The molecule has 3 aromatic rings. The SMILES string of the molecule is Cc1nn(-c2ncccn2)c2c1[C@@H](c1c(Cl)cccc1Cl)CC(=O)N2. The van der Waals surface area contributed by atoms with Crippen molar-refractivity contribution < 1.29 is 4.79 Å². The molecule has 25 heavy (non-hydrogen) atoms. The van der Waals surface area contributed by atoms with Crippen LogP contribution in [0.25, 0.3) is 5.95 Å². The average Bonchev–Trinajstić information content (AvgIpc) is 2.92. The van der Waals surface area contributed by atoms with Crippen LogP contribution in [0.15, 0.2) is 36.7 Å². The smallest absolute Gasteiger partial charge is 0.252 e. The predicted molar refractivity (Wildman–Crippen MR) is 95.4 cm³/mol. The molecule has 1 aliphatic rings. The molecule has 4 rings (SSSR count). The number of amides is 1. The number of carbonyl (C=O) groups excluding carboxylic acids is 1. The third kappa shape index (κ3) is 2.67. The number of aryl methyl sites for hydroxylation is 1. The summed E-state index contributed by atoms with van der Waals surface area (Å²) < 4.78 is 1.54. The molecule has 1 aromatic carbocycles. The molecule has 6 nitrogen and oxygen atoms in total. The molecule has 2 aromatic heterocycles. The van der Waals surface area contributed by atoms with Gasteiger partial charge >= 0.3 is 0 Å². The van der Waals surface area contributed by atoms with E-state index in [4.69, 9.17) is 23.2 Å². The van der Waals surface area contributed by atoms with Crippen LogP contribution in [0, 0.1) is 6.92 Å². The zero-order valence-corrected chi connectivity index (χ0v) is 14.7. The summed E-state index contributed by atoms with van der Waals surface area (Å²) in [5, 5.41) is 8.46. The van der Waals surface area contributed by atoms with Crippen LogP contribution in [0.3, 0.4) is 0 Å². The number of carbonyl (C=O) groups is 1. The Morgan fingerprint density at radius 1 is 1.12 bits per heavy atom. The first-order valence-corrected chi connectivity index (χ1v) is 8.42. The maximum Gasteiger partial charge on any atom is 0.252 e. The van der Waals surface area contributed by atoms with E-state index in [1.54, 1.807) is 41.3 Å². The molecule has 0 aliphatic carbocycles. The van der Waals surface area contributed by atoms with Crippen molar-refractivity contribution in [1.82, 2.24) is 19.7 Å². The van der Waals surface area contributed by atoms with Crippen molar-refractivity contribution >= 4 is 34.9 Å². The van der Waals surface area contributed by atoms with Crippen molar-refractivity contribution in [3.8, 4) is 5.95 Å². The largest absolute Gasteiger partial charge is 0.310 e. The number of anilines is 1. The fourth-order valence-corrected chi connectivity index (χ4v) is 3.84. The van der Waals surface area contributed by atoms with E-state index < -0.39 is 0 Å². The van der Waals surface area contributed by atoms with Gasteiger partial charge in [-0.15, -0.1) is 0 Å². The molecule has 0 unspecified atom stereocenters. The highest BCUT2D eigenvalue weighted by atomic mass is 35.5. The van der Waals surface area contributed by atoms with Gasteiger partial charge in [-0.2, -0.15) is 9.78 Å². The lowest BCUT2D eigenvalue weighted by atomic mass is 9.85. The number of hydrogen-bond donors (Lipinski definition) is 1. The summed E-state index contributed by atoms with van der Waals surface area (Å²) in [6.45, 7) is 1.88. The molecular weight excluding hydrogens is 361 g/mol. The monoisotopic (exact) mass is 373 g/mol. The highest BCUT2D eigenvalue weighted by molar-refractivity contribution is 6.36. The Morgan fingerprint density at radius 3 is 2.48 bits per heavy atom. The summed E-state index contributed by atoms with van der Waals surface area (Å²) in [6, 6.07) is 7.05. The molecule has 0 saturated heterocycles. The molecule has 1 aliphatic heterocycles. The summed E-state index contributed by atoms with van der Waals surface area (Å²) in [6.07, 6.45) is 3.50. The fourth-order valence-electron chi connectivity index (χ4n) is 3.18. The van der Waals surface area contributed by atoms with Gasteiger partial charge in [-0.3, -0.25) is 4.79 Å². The Balaban J connectivity index is 1.94. The molecule has 126 valence electrons. The maximum atomic E-state index is 12.3. The molecule has 0 radical (unpaired) electrons. The highest BCUT2D eigenvalue weighted by Crippen LogP contribution is 2.44. The lowest BCUT2D eigenvalue weighted by molar-refractivity contribution is -0.116. The second kappa shape index (κ2) is 6.13. The molecule has 0 fully saturated rings. The van der Waals surface area contributed by atoms with E-state index in [0.717, 1.165) is 16.8 Å². The van der Waals surface area contributed by atoms with Crippen LogP contribution in [0.5, 0.6) is 0 Å². The van der Waals surface area contributed by atoms with Crippen molar-refractivity contribution in [3.05, 3.63) is 63.5 Å². The lowest BCUT2D eigenvalue weighted by Gasteiger charge is -2.25. The quantitative estimate of drug-likeness (QED) is 0.742. The third-order valence-corrected chi connectivity index (χ3v) is 4.85. The zero-order valence-electron chi connectivity index (χ0n) is 13.2. The number of rotatable bonds is 2. The average molecular weight is 374 g/mol. The van der Waals surface area contributed by atoms with Crippen molar-refractivity contribution in [1.29, 1.82) is 0 Å². The van der Waals surface area contributed by atoms with Crippen LogP contribution in [-0.2, 0) is 4.79 Å². The minimum absolute atomic E-state index is 0.134. The van der Waals surface area contributed by atoms with Gasteiger partial charge in [0.1, 0.15) is 5.82 Å².